The number of rotatable bonds is 8. The van der Waals surface area contributed by atoms with Gasteiger partial charge in [-0.3, -0.25) is 0 Å². The average Bonchev–Trinajstić information content (AvgIpc) is 2.34. The van der Waals surface area contributed by atoms with Crippen LogP contribution in [-0.4, -0.2) is 18.8 Å². The maximum atomic E-state index is 3.36. The van der Waals surface area contributed by atoms with Crippen LogP contribution in [0.1, 0.15) is 37.3 Å². The van der Waals surface area contributed by atoms with Crippen LogP contribution < -0.4 is 5.32 Å². The van der Waals surface area contributed by atoms with Gasteiger partial charge in [-0.1, -0.05) is 36.8 Å². The highest BCUT2D eigenvalue weighted by Crippen LogP contribution is 2.15. The van der Waals surface area contributed by atoms with E-state index in [2.05, 4.69) is 62.2 Å². The molecule has 17 heavy (non-hydrogen) atoms. The molecule has 1 nitrogen and oxygen atoms in total. The van der Waals surface area contributed by atoms with E-state index in [0.717, 1.165) is 5.75 Å². The minimum atomic E-state index is 0.703. The first kappa shape index (κ1) is 14.6. The summed E-state index contributed by atoms with van der Waals surface area (Å²) in [6.45, 7) is 4.41. The van der Waals surface area contributed by atoms with E-state index in [1.54, 1.807) is 0 Å². The van der Waals surface area contributed by atoms with Crippen molar-refractivity contribution < 1.29 is 0 Å². The molecule has 0 amide bonds. The number of hydrogen-bond acceptors (Lipinski definition) is 2. The van der Waals surface area contributed by atoms with Crippen LogP contribution in [0.5, 0.6) is 0 Å². The molecule has 1 rings (SSSR count). The Kier molecular flexibility index (Phi) is 7.38. The number of thioether (sulfide) groups is 1. The van der Waals surface area contributed by atoms with Crippen molar-refractivity contribution in [3.05, 3.63) is 35.4 Å². The Morgan fingerprint density at radius 2 is 2.18 bits per heavy atom. The smallest absolute Gasteiger partial charge is 0.0184 e. The van der Waals surface area contributed by atoms with Gasteiger partial charge in [0.25, 0.3) is 0 Å². The third kappa shape index (κ3) is 6.13. The van der Waals surface area contributed by atoms with Gasteiger partial charge in [0.05, 0.1) is 0 Å². The van der Waals surface area contributed by atoms with Crippen LogP contribution in [-0.2, 0) is 5.75 Å². The lowest BCUT2D eigenvalue weighted by Gasteiger charge is -2.12. The maximum absolute atomic E-state index is 3.36. The van der Waals surface area contributed by atoms with Crippen molar-refractivity contribution in [2.45, 2.75) is 44.9 Å². The van der Waals surface area contributed by atoms with Gasteiger partial charge in [-0.2, -0.15) is 11.8 Å². The van der Waals surface area contributed by atoms with E-state index >= 15 is 0 Å². The molecule has 0 spiro atoms. The lowest BCUT2D eigenvalue weighted by molar-refractivity contribution is 0.504. The van der Waals surface area contributed by atoms with Crippen molar-refractivity contribution in [3.63, 3.8) is 0 Å². The first-order valence-electron chi connectivity index (χ1n) is 6.56. The van der Waals surface area contributed by atoms with Gasteiger partial charge in [0.15, 0.2) is 0 Å². The van der Waals surface area contributed by atoms with Crippen LogP contribution in [0.2, 0.25) is 0 Å². The van der Waals surface area contributed by atoms with E-state index in [0.29, 0.717) is 6.04 Å². The number of nitrogens with one attached hydrogen (secondary N) is 1. The van der Waals surface area contributed by atoms with Crippen molar-refractivity contribution in [3.8, 4) is 0 Å². The van der Waals surface area contributed by atoms with Crippen LogP contribution >= 0.6 is 11.8 Å². The van der Waals surface area contributed by atoms with Crippen molar-refractivity contribution >= 4 is 11.8 Å². The fourth-order valence-electron chi connectivity index (χ4n) is 1.98. The summed E-state index contributed by atoms with van der Waals surface area (Å²) in [4.78, 5) is 0. The highest BCUT2D eigenvalue weighted by Gasteiger charge is 2.02. The molecule has 0 fully saturated rings. The molecule has 0 aliphatic carbocycles. The average molecular weight is 251 g/mol. The summed E-state index contributed by atoms with van der Waals surface area (Å²) < 4.78 is 0. The summed E-state index contributed by atoms with van der Waals surface area (Å²) in [6.07, 6.45) is 3.85. The zero-order valence-electron chi connectivity index (χ0n) is 11.3. The second-order valence-electron chi connectivity index (χ2n) is 4.58. The quantitative estimate of drug-likeness (QED) is 0.701. The minimum absolute atomic E-state index is 0.703. The molecule has 0 aliphatic rings. The summed E-state index contributed by atoms with van der Waals surface area (Å²) in [5.41, 5.74) is 2.82. The van der Waals surface area contributed by atoms with Crippen molar-refractivity contribution in [2.75, 3.05) is 12.8 Å². The largest absolute Gasteiger partial charge is 0.317 e. The fourth-order valence-corrected chi connectivity index (χ4v) is 2.91. The topological polar surface area (TPSA) is 12.0 Å². The van der Waals surface area contributed by atoms with Gasteiger partial charge >= 0.3 is 0 Å². The summed E-state index contributed by atoms with van der Waals surface area (Å²) in [5, 5.41) is 3.36. The van der Waals surface area contributed by atoms with E-state index in [9.17, 15) is 0 Å². The molecule has 1 unspecified atom stereocenters. The number of benzene rings is 1. The molecule has 0 saturated carbocycles. The Morgan fingerprint density at radius 1 is 1.35 bits per heavy atom. The molecule has 1 N–H and O–H groups in total. The molecule has 1 aromatic rings. The first-order chi connectivity index (χ1) is 8.26. The lowest BCUT2D eigenvalue weighted by Crippen LogP contribution is -2.23. The normalized spacial score (nSPS) is 12.6. The second-order valence-corrected chi connectivity index (χ2v) is 5.68. The van der Waals surface area contributed by atoms with Crippen LogP contribution in [0.25, 0.3) is 0 Å². The van der Waals surface area contributed by atoms with Crippen molar-refractivity contribution in [2.24, 2.45) is 0 Å². The number of hydrogen-bond donors (Lipinski definition) is 1. The van der Waals surface area contributed by atoms with Crippen LogP contribution in [0.3, 0.4) is 0 Å². The van der Waals surface area contributed by atoms with Crippen LogP contribution in [0, 0.1) is 6.92 Å². The predicted molar refractivity (Wildman–Crippen MR) is 79.7 cm³/mol. The Morgan fingerprint density at radius 3 is 2.82 bits per heavy atom. The predicted octanol–water partition coefficient (Wildman–Crippen LogP) is 4.01. The Balaban J connectivity index is 2.12. The molecule has 96 valence electrons. The zero-order valence-corrected chi connectivity index (χ0v) is 12.1. The molecule has 1 atom stereocenters. The van der Waals surface area contributed by atoms with E-state index in [-0.39, 0.29) is 0 Å². The van der Waals surface area contributed by atoms with E-state index in [1.807, 2.05) is 0 Å². The molecule has 0 aliphatic heterocycles. The summed E-state index contributed by atoms with van der Waals surface area (Å²) in [5.74, 6) is 2.42. The van der Waals surface area contributed by atoms with E-state index in [1.165, 1.54) is 36.1 Å². The molecule has 0 radical (unpaired) electrons. The van der Waals surface area contributed by atoms with E-state index in [4.69, 9.17) is 0 Å². The van der Waals surface area contributed by atoms with Gasteiger partial charge in [-0.05, 0) is 44.6 Å². The highest BCUT2D eigenvalue weighted by atomic mass is 32.2. The van der Waals surface area contributed by atoms with Crippen LogP contribution in [0.4, 0.5) is 0 Å². The summed E-state index contributed by atoms with van der Waals surface area (Å²) in [7, 11) is 2.06. The molecule has 2 heteroatoms. The standard InChI is InChI=1S/C15H25NS/c1-4-15(16-3)9-6-10-17-12-14-8-5-7-13(2)11-14/h5,7-8,11,15-16H,4,6,9-10,12H2,1-3H3. The molecule has 0 aromatic heterocycles. The zero-order chi connectivity index (χ0) is 12.5. The molecule has 0 saturated heterocycles. The van der Waals surface area contributed by atoms with Crippen molar-refractivity contribution in [1.29, 1.82) is 0 Å². The highest BCUT2D eigenvalue weighted by molar-refractivity contribution is 7.98. The summed E-state index contributed by atoms with van der Waals surface area (Å²) >= 11 is 2.05. The maximum Gasteiger partial charge on any atom is 0.0184 e. The van der Waals surface area contributed by atoms with E-state index < -0.39 is 0 Å². The molecular weight excluding hydrogens is 226 g/mol. The summed E-state index contributed by atoms with van der Waals surface area (Å²) in [6, 6.07) is 9.53. The molecule has 0 heterocycles. The van der Waals surface area contributed by atoms with Crippen LogP contribution in [0.15, 0.2) is 24.3 Å². The van der Waals surface area contributed by atoms with Gasteiger partial charge < -0.3 is 5.32 Å². The van der Waals surface area contributed by atoms with Gasteiger partial charge in [0.2, 0.25) is 0 Å². The first-order valence-corrected chi connectivity index (χ1v) is 7.72. The van der Waals surface area contributed by atoms with Gasteiger partial charge in [0.1, 0.15) is 0 Å². The number of aryl methyl sites for hydroxylation is 1. The monoisotopic (exact) mass is 251 g/mol. The minimum Gasteiger partial charge on any atom is -0.317 e. The Bertz CT molecular complexity index is 308. The van der Waals surface area contributed by atoms with Gasteiger partial charge in [-0.25, -0.2) is 0 Å². The van der Waals surface area contributed by atoms with Crippen molar-refractivity contribution in [1.82, 2.24) is 5.32 Å². The molecule has 1 aromatic carbocycles. The van der Waals surface area contributed by atoms with Gasteiger partial charge in [-0.15, -0.1) is 0 Å². The second kappa shape index (κ2) is 8.60. The Labute approximate surface area is 110 Å². The molecule has 0 bridgehead atoms. The van der Waals surface area contributed by atoms with Gasteiger partial charge in [0, 0.05) is 11.8 Å². The third-order valence-electron chi connectivity index (χ3n) is 3.09. The third-order valence-corrected chi connectivity index (χ3v) is 4.21. The SMILES string of the molecule is CCC(CCCSCc1cccc(C)c1)NC. The fraction of sp³-hybridized carbons (Fsp3) is 0.600. The lowest BCUT2D eigenvalue weighted by atomic mass is 10.1. The molecular formula is C15H25NS. The Hall–Kier alpha value is -0.470.